The van der Waals surface area contributed by atoms with Crippen molar-refractivity contribution >= 4 is 0 Å². The average molecular weight is 153 g/mol. The molecule has 2 aliphatic rings. The quantitative estimate of drug-likeness (QED) is 0.646. The second-order valence-corrected chi connectivity index (χ2v) is 4.45. The average Bonchev–Trinajstić information content (AvgIpc) is 2.51. The van der Waals surface area contributed by atoms with E-state index in [1.807, 2.05) is 0 Å². The van der Waals surface area contributed by atoms with E-state index in [4.69, 9.17) is 5.73 Å². The Balaban J connectivity index is 2.04. The van der Waals surface area contributed by atoms with Crippen molar-refractivity contribution in [3.63, 3.8) is 0 Å². The van der Waals surface area contributed by atoms with Crippen molar-refractivity contribution in [2.75, 3.05) is 0 Å². The van der Waals surface area contributed by atoms with Crippen LogP contribution in [0.1, 0.15) is 39.5 Å². The van der Waals surface area contributed by atoms with Crippen LogP contribution in [0, 0.1) is 17.8 Å². The van der Waals surface area contributed by atoms with Crippen molar-refractivity contribution in [3.05, 3.63) is 0 Å². The van der Waals surface area contributed by atoms with Crippen molar-refractivity contribution in [1.29, 1.82) is 0 Å². The van der Waals surface area contributed by atoms with Crippen LogP contribution in [-0.2, 0) is 0 Å². The normalized spacial score (nSPS) is 50.5. The van der Waals surface area contributed by atoms with E-state index in [1.54, 1.807) is 0 Å². The van der Waals surface area contributed by atoms with Crippen LogP contribution in [0.2, 0.25) is 0 Å². The van der Waals surface area contributed by atoms with Gasteiger partial charge in [-0.15, -0.1) is 0 Å². The van der Waals surface area contributed by atoms with Crippen molar-refractivity contribution in [1.82, 2.24) is 0 Å². The largest absolute Gasteiger partial charge is 0.324 e. The molecule has 0 aromatic carbocycles. The Morgan fingerprint density at radius 1 is 1.45 bits per heavy atom. The molecule has 2 rings (SSSR count). The Bertz CT molecular complexity index is 149. The lowest BCUT2D eigenvalue weighted by Gasteiger charge is -2.22. The fourth-order valence-corrected chi connectivity index (χ4v) is 3.13. The Morgan fingerprint density at radius 2 is 2.00 bits per heavy atom. The molecule has 2 aliphatic carbocycles. The first-order chi connectivity index (χ1) is 5.21. The first kappa shape index (κ1) is 7.60. The standard InChI is InChI=1S/C10H19N/c1-3-7(2)10(11)8-5-4-6-9(8)10/h7-9H,3-6,11H2,1-2H3. The number of hydrogen-bond donors (Lipinski definition) is 1. The number of nitrogens with two attached hydrogens (primary N) is 1. The summed E-state index contributed by atoms with van der Waals surface area (Å²) in [6, 6.07) is 0. The van der Waals surface area contributed by atoms with Gasteiger partial charge in [0.15, 0.2) is 0 Å². The molecule has 0 heterocycles. The SMILES string of the molecule is CCC(C)C1(N)C2CCCC21. The summed E-state index contributed by atoms with van der Waals surface area (Å²) < 4.78 is 0. The maximum absolute atomic E-state index is 6.35. The predicted molar refractivity (Wildman–Crippen MR) is 47.2 cm³/mol. The van der Waals surface area contributed by atoms with E-state index >= 15 is 0 Å². The van der Waals surface area contributed by atoms with Crippen LogP contribution in [0.4, 0.5) is 0 Å². The van der Waals surface area contributed by atoms with Crippen LogP contribution >= 0.6 is 0 Å². The van der Waals surface area contributed by atoms with Gasteiger partial charge in [-0.3, -0.25) is 0 Å². The van der Waals surface area contributed by atoms with Gasteiger partial charge in [0, 0.05) is 5.54 Å². The van der Waals surface area contributed by atoms with Gasteiger partial charge in [-0.25, -0.2) is 0 Å². The molecule has 0 bridgehead atoms. The minimum Gasteiger partial charge on any atom is -0.324 e. The molecule has 0 saturated heterocycles. The van der Waals surface area contributed by atoms with E-state index in [0.29, 0.717) is 0 Å². The maximum Gasteiger partial charge on any atom is 0.0244 e. The van der Waals surface area contributed by atoms with Crippen molar-refractivity contribution in [3.8, 4) is 0 Å². The van der Waals surface area contributed by atoms with Crippen LogP contribution in [0.15, 0.2) is 0 Å². The summed E-state index contributed by atoms with van der Waals surface area (Å²) in [4.78, 5) is 0. The second kappa shape index (κ2) is 2.22. The summed E-state index contributed by atoms with van der Waals surface area (Å²) in [5, 5.41) is 0. The Labute approximate surface area is 69.4 Å². The maximum atomic E-state index is 6.35. The van der Waals surface area contributed by atoms with Crippen molar-refractivity contribution in [2.45, 2.75) is 45.1 Å². The van der Waals surface area contributed by atoms with E-state index in [1.165, 1.54) is 25.7 Å². The van der Waals surface area contributed by atoms with E-state index in [9.17, 15) is 0 Å². The van der Waals surface area contributed by atoms with Gasteiger partial charge in [0.25, 0.3) is 0 Å². The van der Waals surface area contributed by atoms with Crippen LogP contribution < -0.4 is 5.73 Å². The molecule has 11 heavy (non-hydrogen) atoms. The monoisotopic (exact) mass is 153 g/mol. The van der Waals surface area contributed by atoms with E-state index in [2.05, 4.69) is 13.8 Å². The molecule has 0 aromatic heterocycles. The van der Waals surface area contributed by atoms with Gasteiger partial charge in [0.05, 0.1) is 0 Å². The van der Waals surface area contributed by atoms with Crippen molar-refractivity contribution in [2.24, 2.45) is 23.5 Å². The number of fused-ring (bicyclic) bond motifs is 1. The van der Waals surface area contributed by atoms with Crippen LogP contribution in [0.5, 0.6) is 0 Å². The molecule has 0 radical (unpaired) electrons. The second-order valence-electron chi connectivity index (χ2n) is 4.45. The molecular weight excluding hydrogens is 134 g/mol. The molecule has 0 amide bonds. The fourth-order valence-electron chi connectivity index (χ4n) is 3.13. The van der Waals surface area contributed by atoms with Crippen molar-refractivity contribution < 1.29 is 0 Å². The fraction of sp³-hybridized carbons (Fsp3) is 1.00. The van der Waals surface area contributed by atoms with Gasteiger partial charge >= 0.3 is 0 Å². The molecule has 2 fully saturated rings. The molecule has 3 atom stereocenters. The van der Waals surface area contributed by atoms with E-state index in [-0.39, 0.29) is 5.54 Å². The highest BCUT2D eigenvalue weighted by atomic mass is 14.9. The summed E-state index contributed by atoms with van der Waals surface area (Å²) in [6.45, 7) is 4.58. The Morgan fingerprint density at radius 3 is 2.45 bits per heavy atom. The third-order valence-corrected chi connectivity index (χ3v) is 4.16. The van der Waals surface area contributed by atoms with Gasteiger partial charge in [-0.05, 0) is 30.6 Å². The molecule has 1 heteroatoms. The summed E-state index contributed by atoms with van der Waals surface area (Å²) in [5.41, 5.74) is 6.62. The number of rotatable bonds is 2. The molecule has 0 aromatic rings. The molecule has 0 aliphatic heterocycles. The van der Waals surface area contributed by atoms with Gasteiger partial charge < -0.3 is 5.73 Å². The predicted octanol–water partition coefficient (Wildman–Crippen LogP) is 2.16. The molecule has 3 unspecified atom stereocenters. The van der Waals surface area contributed by atoms with Gasteiger partial charge in [0.1, 0.15) is 0 Å². The lowest BCUT2D eigenvalue weighted by Crippen LogP contribution is -2.35. The molecular formula is C10H19N. The third kappa shape index (κ3) is 0.807. The summed E-state index contributed by atoms with van der Waals surface area (Å²) >= 11 is 0. The zero-order valence-corrected chi connectivity index (χ0v) is 7.64. The highest BCUT2D eigenvalue weighted by Crippen LogP contribution is 2.62. The van der Waals surface area contributed by atoms with Crippen LogP contribution in [0.25, 0.3) is 0 Å². The third-order valence-electron chi connectivity index (χ3n) is 4.16. The van der Waals surface area contributed by atoms with Gasteiger partial charge in [-0.1, -0.05) is 26.7 Å². The smallest absolute Gasteiger partial charge is 0.0244 e. The summed E-state index contributed by atoms with van der Waals surface area (Å²) in [5.74, 6) is 2.55. The van der Waals surface area contributed by atoms with E-state index in [0.717, 1.165) is 17.8 Å². The molecule has 1 nitrogen and oxygen atoms in total. The van der Waals surface area contributed by atoms with Crippen LogP contribution in [0.3, 0.4) is 0 Å². The molecule has 2 saturated carbocycles. The van der Waals surface area contributed by atoms with Crippen LogP contribution in [-0.4, -0.2) is 5.54 Å². The van der Waals surface area contributed by atoms with Gasteiger partial charge in [-0.2, -0.15) is 0 Å². The number of hydrogen-bond acceptors (Lipinski definition) is 1. The summed E-state index contributed by atoms with van der Waals surface area (Å²) in [7, 11) is 0. The Hall–Kier alpha value is -0.0400. The minimum absolute atomic E-state index is 0.271. The highest BCUT2D eigenvalue weighted by molar-refractivity contribution is 5.20. The zero-order valence-electron chi connectivity index (χ0n) is 7.64. The highest BCUT2D eigenvalue weighted by Gasteiger charge is 2.65. The Kier molecular flexibility index (Phi) is 1.54. The van der Waals surface area contributed by atoms with Gasteiger partial charge in [0.2, 0.25) is 0 Å². The molecule has 0 spiro atoms. The first-order valence-corrected chi connectivity index (χ1v) is 5.00. The minimum atomic E-state index is 0.271. The molecule has 2 N–H and O–H groups in total. The lowest BCUT2D eigenvalue weighted by atomic mass is 9.90. The lowest BCUT2D eigenvalue weighted by molar-refractivity contribution is 0.351. The first-order valence-electron chi connectivity index (χ1n) is 5.00. The van der Waals surface area contributed by atoms with E-state index < -0.39 is 0 Å². The molecule has 64 valence electrons. The summed E-state index contributed by atoms with van der Waals surface area (Å²) in [6.07, 6.45) is 5.51. The zero-order chi connectivity index (χ0) is 8.06. The topological polar surface area (TPSA) is 26.0 Å².